The Bertz CT molecular complexity index is 747. The van der Waals surface area contributed by atoms with Gasteiger partial charge in [0.15, 0.2) is 5.11 Å². The summed E-state index contributed by atoms with van der Waals surface area (Å²) in [5, 5.41) is 9.14. The zero-order valence-corrected chi connectivity index (χ0v) is 21.9. The molecular weight excluding hydrogens is 442 g/mol. The van der Waals surface area contributed by atoms with Crippen LogP contribution in [0.2, 0.25) is 0 Å². The number of thiocarbonyl (C=S) groups is 1. The molecule has 190 valence electrons. The van der Waals surface area contributed by atoms with Crippen LogP contribution < -0.4 is 16.0 Å². The van der Waals surface area contributed by atoms with Gasteiger partial charge < -0.3 is 16.0 Å². The molecule has 1 aromatic carbocycles. The van der Waals surface area contributed by atoms with Gasteiger partial charge in [0.05, 0.1) is 0 Å². The Morgan fingerprint density at radius 2 is 1.38 bits per heavy atom. The van der Waals surface area contributed by atoms with Crippen molar-refractivity contribution in [1.82, 2.24) is 5.32 Å². The van der Waals surface area contributed by atoms with Crippen molar-refractivity contribution in [2.75, 3.05) is 10.6 Å². The maximum absolute atomic E-state index is 12.5. The summed E-state index contributed by atoms with van der Waals surface area (Å²) in [6, 6.07) is 7.47. The van der Waals surface area contributed by atoms with E-state index in [1.165, 1.54) is 64.2 Å². The zero-order valence-electron chi connectivity index (χ0n) is 21.1. The molecule has 0 aliphatic heterocycles. The molecule has 0 radical (unpaired) electrons. The van der Waals surface area contributed by atoms with E-state index >= 15 is 0 Å². The third-order valence-electron chi connectivity index (χ3n) is 6.62. The smallest absolute Gasteiger partial charge is 0.227 e. The summed E-state index contributed by atoms with van der Waals surface area (Å²) in [6.45, 7) is 2.25. The van der Waals surface area contributed by atoms with Gasteiger partial charge in [0, 0.05) is 23.7 Å². The fraction of sp³-hybridized carbons (Fsp3) is 0.679. The summed E-state index contributed by atoms with van der Waals surface area (Å²) in [7, 11) is 0. The van der Waals surface area contributed by atoms with Crippen molar-refractivity contribution in [1.29, 1.82) is 0 Å². The van der Waals surface area contributed by atoms with Gasteiger partial charge in [0.2, 0.25) is 11.8 Å². The molecule has 3 N–H and O–H groups in total. The van der Waals surface area contributed by atoms with Gasteiger partial charge in [-0.3, -0.25) is 9.59 Å². The largest absolute Gasteiger partial charge is 0.332 e. The van der Waals surface area contributed by atoms with E-state index in [0.29, 0.717) is 11.5 Å². The van der Waals surface area contributed by atoms with Crippen molar-refractivity contribution in [3.63, 3.8) is 0 Å². The Kier molecular flexibility index (Phi) is 14.5. The molecule has 0 aromatic heterocycles. The lowest BCUT2D eigenvalue weighted by molar-refractivity contribution is -0.121. The number of nitrogens with one attached hydrogen (secondary N) is 3. The molecule has 2 rings (SSSR count). The van der Waals surface area contributed by atoms with Gasteiger partial charge in [-0.25, -0.2) is 0 Å². The quantitative estimate of drug-likeness (QED) is 0.175. The third-order valence-corrected chi connectivity index (χ3v) is 6.83. The lowest BCUT2D eigenvalue weighted by atomic mass is 9.88. The molecule has 0 atom stereocenters. The second kappa shape index (κ2) is 17.5. The predicted molar refractivity (Wildman–Crippen MR) is 147 cm³/mol. The van der Waals surface area contributed by atoms with E-state index in [-0.39, 0.29) is 17.7 Å². The highest BCUT2D eigenvalue weighted by molar-refractivity contribution is 7.80. The first-order chi connectivity index (χ1) is 16.6. The van der Waals surface area contributed by atoms with E-state index in [1.54, 1.807) is 0 Å². The minimum atomic E-state index is -0.0461. The van der Waals surface area contributed by atoms with Crippen LogP contribution in [-0.4, -0.2) is 16.9 Å². The molecular formula is C28H45N3O2S. The van der Waals surface area contributed by atoms with Crippen molar-refractivity contribution < 1.29 is 9.59 Å². The number of carbonyl (C=O) groups is 2. The normalized spacial score (nSPS) is 13.9. The summed E-state index contributed by atoms with van der Waals surface area (Å²) < 4.78 is 0. The Labute approximate surface area is 212 Å². The first-order valence-corrected chi connectivity index (χ1v) is 14.0. The molecule has 0 bridgehead atoms. The van der Waals surface area contributed by atoms with E-state index in [9.17, 15) is 9.59 Å². The Morgan fingerprint density at radius 3 is 2.00 bits per heavy atom. The number of benzene rings is 1. The molecule has 1 fully saturated rings. The molecule has 6 heteroatoms. The average molecular weight is 488 g/mol. The highest BCUT2D eigenvalue weighted by Gasteiger charge is 2.21. The predicted octanol–water partition coefficient (Wildman–Crippen LogP) is 7.72. The van der Waals surface area contributed by atoms with Crippen LogP contribution in [-0.2, 0) is 9.59 Å². The average Bonchev–Trinajstić information content (AvgIpc) is 2.83. The van der Waals surface area contributed by atoms with Crippen LogP contribution in [0.4, 0.5) is 11.4 Å². The van der Waals surface area contributed by atoms with Crippen molar-refractivity contribution in [2.24, 2.45) is 5.92 Å². The first kappa shape index (κ1) is 28.3. The van der Waals surface area contributed by atoms with Gasteiger partial charge >= 0.3 is 0 Å². The highest BCUT2D eigenvalue weighted by atomic mass is 32.1. The molecule has 1 aliphatic carbocycles. The van der Waals surface area contributed by atoms with Gasteiger partial charge in [-0.05, 0) is 49.7 Å². The molecule has 5 nitrogen and oxygen atoms in total. The summed E-state index contributed by atoms with van der Waals surface area (Å²) in [6.07, 6.45) is 19.8. The number of carbonyl (C=O) groups excluding carboxylic acids is 2. The Balaban J connectivity index is 1.56. The van der Waals surface area contributed by atoms with Crippen LogP contribution in [0.5, 0.6) is 0 Å². The summed E-state index contributed by atoms with van der Waals surface area (Å²) >= 11 is 5.30. The minimum absolute atomic E-state index is 0.0461. The highest BCUT2D eigenvalue weighted by Crippen LogP contribution is 2.25. The van der Waals surface area contributed by atoms with E-state index < -0.39 is 0 Å². The van der Waals surface area contributed by atoms with Crippen LogP contribution in [0, 0.1) is 5.92 Å². The van der Waals surface area contributed by atoms with Crippen LogP contribution in [0.25, 0.3) is 0 Å². The fourth-order valence-electron chi connectivity index (χ4n) is 4.59. The number of hydrogen-bond acceptors (Lipinski definition) is 3. The monoisotopic (exact) mass is 487 g/mol. The number of hydrogen-bond donors (Lipinski definition) is 3. The van der Waals surface area contributed by atoms with Gasteiger partial charge in [-0.15, -0.1) is 0 Å². The van der Waals surface area contributed by atoms with Gasteiger partial charge in [-0.2, -0.15) is 0 Å². The van der Waals surface area contributed by atoms with Crippen molar-refractivity contribution in [2.45, 2.75) is 116 Å². The second-order valence-electron chi connectivity index (χ2n) is 9.69. The van der Waals surface area contributed by atoms with Crippen LogP contribution >= 0.6 is 12.2 Å². The van der Waals surface area contributed by atoms with E-state index in [4.69, 9.17) is 12.2 Å². The molecule has 0 unspecified atom stereocenters. The maximum atomic E-state index is 12.5. The Morgan fingerprint density at radius 1 is 0.824 bits per heavy atom. The zero-order chi connectivity index (χ0) is 24.4. The first-order valence-electron chi connectivity index (χ1n) is 13.6. The minimum Gasteiger partial charge on any atom is -0.332 e. The van der Waals surface area contributed by atoms with Crippen LogP contribution in [0.3, 0.4) is 0 Å². The molecule has 1 aliphatic rings. The molecule has 0 spiro atoms. The lowest BCUT2D eigenvalue weighted by Crippen LogP contribution is -2.33. The van der Waals surface area contributed by atoms with Crippen molar-refractivity contribution >= 4 is 40.5 Å². The molecule has 0 saturated heterocycles. The van der Waals surface area contributed by atoms with E-state index in [1.807, 2.05) is 24.3 Å². The van der Waals surface area contributed by atoms with E-state index in [0.717, 1.165) is 49.9 Å². The second-order valence-corrected chi connectivity index (χ2v) is 10.1. The molecule has 1 aromatic rings. The van der Waals surface area contributed by atoms with Crippen LogP contribution in [0.15, 0.2) is 24.3 Å². The molecule has 2 amide bonds. The van der Waals surface area contributed by atoms with Gasteiger partial charge in [0.1, 0.15) is 0 Å². The summed E-state index contributed by atoms with van der Waals surface area (Å²) in [5.41, 5.74) is 1.50. The summed E-state index contributed by atoms with van der Waals surface area (Å²) in [5.74, 6) is 0.163. The third kappa shape index (κ3) is 12.5. The van der Waals surface area contributed by atoms with Gasteiger partial charge in [-0.1, -0.05) is 96.5 Å². The van der Waals surface area contributed by atoms with Crippen LogP contribution in [0.1, 0.15) is 116 Å². The maximum Gasteiger partial charge on any atom is 0.227 e. The molecule has 1 saturated carbocycles. The standard InChI is InChI=1S/C28H45N3O2S/c1-2-3-4-5-6-7-8-9-10-11-15-21-26(32)31-28(34)30-25-20-16-19-24(22-25)29-27(33)23-17-13-12-14-18-23/h16,19-20,22-23H,2-15,17-18,21H2,1H3,(H,29,33)(H2,30,31,32,34). The number of anilines is 2. The molecule has 0 heterocycles. The topological polar surface area (TPSA) is 70.2 Å². The number of unbranched alkanes of at least 4 members (excludes halogenated alkanes) is 10. The Hall–Kier alpha value is -1.95. The SMILES string of the molecule is CCCCCCCCCCCCCC(=O)NC(=S)Nc1cccc(NC(=O)C2CCCCC2)c1. The number of amides is 2. The fourth-order valence-corrected chi connectivity index (χ4v) is 4.82. The van der Waals surface area contributed by atoms with Crippen molar-refractivity contribution in [3.05, 3.63) is 24.3 Å². The molecule has 34 heavy (non-hydrogen) atoms. The van der Waals surface area contributed by atoms with Gasteiger partial charge in [0.25, 0.3) is 0 Å². The lowest BCUT2D eigenvalue weighted by Gasteiger charge is -2.21. The van der Waals surface area contributed by atoms with E-state index in [2.05, 4.69) is 22.9 Å². The number of rotatable bonds is 15. The summed E-state index contributed by atoms with van der Waals surface area (Å²) in [4.78, 5) is 24.7. The van der Waals surface area contributed by atoms with Crippen molar-refractivity contribution in [3.8, 4) is 0 Å².